The van der Waals surface area contributed by atoms with Gasteiger partial charge in [0.25, 0.3) is 0 Å². The first-order chi connectivity index (χ1) is 11.5. The zero-order chi connectivity index (χ0) is 17.3. The number of halogens is 2. The number of fused-ring (bicyclic) bond motifs is 1. The Morgan fingerprint density at radius 3 is 2.79 bits per heavy atom. The van der Waals surface area contributed by atoms with Crippen LogP contribution in [0, 0.1) is 12.7 Å². The Hall–Kier alpha value is -2.66. The van der Waals surface area contributed by atoms with Crippen molar-refractivity contribution < 1.29 is 18.3 Å². The minimum absolute atomic E-state index is 0.0614. The van der Waals surface area contributed by atoms with Crippen LogP contribution < -0.4 is 5.43 Å². The van der Waals surface area contributed by atoms with Gasteiger partial charge in [0.2, 0.25) is 5.76 Å². The predicted octanol–water partition coefficient (Wildman–Crippen LogP) is 4.25. The molecule has 2 aromatic carbocycles. The normalized spacial score (nSPS) is 10.8. The molecule has 0 aliphatic carbocycles. The fourth-order valence-electron chi connectivity index (χ4n) is 2.25. The molecule has 122 valence electrons. The van der Waals surface area contributed by atoms with Crippen molar-refractivity contribution in [3.05, 3.63) is 80.4 Å². The molecule has 1 heterocycles. The molecular weight excluding hydrogens is 335 g/mol. The second-order valence-electron chi connectivity index (χ2n) is 5.25. The quantitative estimate of drug-likeness (QED) is 0.665. The van der Waals surface area contributed by atoms with E-state index in [1.807, 2.05) is 6.92 Å². The standard InChI is InChI=1S/C18H12ClFO4/c1-10-5-6-16-11(7-10)15(21)8-17(24-16)18(22)23-9-12-13(19)3-2-4-14(12)20/h2-8H,9H2,1H3. The maximum atomic E-state index is 13.7. The molecule has 0 unspecified atom stereocenters. The molecule has 0 fully saturated rings. The van der Waals surface area contributed by atoms with E-state index < -0.39 is 11.8 Å². The van der Waals surface area contributed by atoms with Gasteiger partial charge < -0.3 is 9.15 Å². The zero-order valence-corrected chi connectivity index (χ0v) is 13.4. The number of benzene rings is 2. The van der Waals surface area contributed by atoms with Crippen molar-refractivity contribution in [2.75, 3.05) is 0 Å². The second kappa shape index (κ2) is 6.45. The molecule has 1 aromatic heterocycles. The smallest absolute Gasteiger partial charge is 0.374 e. The number of hydrogen-bond donors (Lipinski definition) is 0. The van der Waals surface area contributed by atoms with Crippen molar-refractivity contribution in [3.8, 4) is 0 Å². The summed E-state index contributed by atoms with van der Waals surface area (Å²) in [5.74, 6) is -1.69. The molecule has 0 aliphatic heterocycles. The molecular formula is C18H12ClFO4. The topological polar surface area (TPSA) is 56.5 Å². The first kappa shape index (κ1) is 16.2. The van der Waals surface area contributed by atoms with E-state index in [9.17, 15) is 14.0 Å². The van der Waals surface area contributed by atoms with Gasteiger partial charge in [-0.1, -0.05) is 29.3 Å². The van der Waals surface area contributed by atoms with E-state index in [4.69, 9.17) is 20.8 Å². The van der Waals surface area contributed by atoms with Gasteiger partial charge in [-0.3, -0.25) is 4.79 Å². The Morgan fingerprint density at radius 2 is 2.04 bits per heavy atom. The van der Waals surface area contributed by atoms with Crippen molar-refractivity contribution in [2.45, 2.75) is 13.5 Å². The minimum atomic E-state index is -0.867. The largest absolute Gasteiger partial charge is 0.455 e. The van der Waals surface area contributed by atoms with Crippen molar-refractivity contribution in [2.24, 2.45) is 0 Å². The number of aryl methyl sites for hydroxylation is 1. The molecule has 4 nitrogen and oxygen atoms in total. The van der Waals surface area contributed by atoms with Crippen LogP contribution in [0.5, 0.6) is 0 Å². The lowest BCUT2D eigenvalue weighted by atomic mass is 10.1. The van der Waals surface area contributed by atoms with Crippen molar-refractivity contribution in [1.29, 1.82) is 0 Å². The molecule has 3 rings (SSSR count). The van der Waals surface area contributed by atoms with Gasteiger partial charge in [0.05, 0.1) is 10.4 Å². The van der Waals surface area contributed by atoms with Crippen LogP contribution in [-0.2, 0) is 11.3 Å². The molecule has 0 saturated heterocycles. The van der Waals surface area contributed by atoms with E-state index in [-0.39, 0.29) is 34.0 Å². The van der Waals surface area contributed by atoms with Gasteiger partial charge in [-0.25, -0.2) is 9.18 Å². The van der Waals surface area contributed by atoms with Gasteiger partial charge in [-0.2, -0.15) is 0 Å². The summed E-state index contributed by atoms with van der Waals surface area (Å²) in [6, 6.07) is 10.3. The summed E-state index contributed by atoms with van der Waals surface area (Å²) in [6.45, 7) is 1.49. The van der Waals surface area contributed by atoms with E-state index in [1.54, 1.807) is 18.2 Å². The van der Waals surface area contributed by atoms with Crippen LogP contribution in [-0.4, -0.2) is 5.97 Å². The van der Waals surface area contributed by atoms with E-state index in [2.05, 4.69) is 0 Å². The Bertz CT molecular complexity index is 974. The molecule has 0 spiro atoms. The average Bonchev–Trinajstić information content (AvgIpc) is 2.54. The SMILES string of the molecule is Cc1ccc2oc(C(=O)OCc3c(F)cccc3Cl)cc(=O)c2c1. The van der Waals surface area contributed by atoms with E-state index >= 15 is 0 Å². The minimum Gasteiger partial charge on any atom is -0.455 e. The highest BCUT2D eigenvalue weighted by Gasteiger charge is 2.16. The van der Waals surface area contributed by atoms with Gasteiger partial charge in [0, 0.05) is 11.6 Å². The van der Waals surface area contributed by atoms with Gasteiger partial charge in [-0.15, -0.1) is 0 Å². The molecule has 0 amide bonds. The summed E-state index contributed by atoms with van der Waals surface area (Å²) in [5.41, 5.74) is 0.894. The van der Waals surface area contributed by atoms with E-state index in [1.165, 1.54) is 18.2 Å². The number of hydrogen-bond acceptors (Lipinski definition) is 4. The van der Waals surface area contributed by atoms with Crippen LogP contribution in [0.3, 0.4) is 0 Å². The summed E-state index contributed by atoms with van der Waals surface area (Å²) < 4.78 is 24.1. The predicted molar refractivity (Wildman–Crippen MR) is 87.8 cm³/mol. The van der Waals surface area contributed by atoms with Gasteiger partial charge in [0.1, 0.15) is 18.0 Å². The zero-order valence-electron chi connectivity index (χ0n) is 12.6. The third kappa shape index (κ3) is 3.16. The molecule has 3 aromatic rings. The molecule has 0 N–H and O–H groups in total. The molecule has 0 bridgehead atoms. The molecule has 0 atom stereocenters. The molecule has 0 saturated carbocycles. The van der Waals surface area contributed by atoms with Crippen LogP contribution in [0.1, 0.15) is 21.7 Å². The van der Waals surface area contributed by atoms with Gasteiger partial charge in [0.15, 0.2) is 5.43 Å². The lowest BCUT2D eigenvalue weighted by molar-refractivity contribution is 0.0433. The van der Waals surface area contributed by atoms with Crippen molar-refractivity contribution in [3.63, 3.8) is 0 Å². The maximum Gasteiger partial charge on any atom is 0.374 e. The number of esters is 1. The van der Waals surface area contributed by atoms with E-state index in [0.717, 1.165) is 11.6 Å². The maximum absolute atomic E-state index is 13.7. The van der Waals surface area contributed by atoms with E-state index in [0.29, 0.717) is 5.39 Å². The highest BCUT2D eigenvalue weighted by molar-refractivity contribution is 6.31. The second-order valence-corrected chi connectivity index (χ2v) is 5.66. The number of rotatable bonds is 3. The van der Waals surface area contributed by atoms with Crippen molar-refractivity contribution >= 4 is 28.5 Å². The van der Waals surface area contributed by atoms with Crippen molar-refractivity contribution in [1.82, 2.24) is 0 Å². The lowest BCUT2D eigenvalue weighted by Crippen LogP contribution is -2.11. The fourth-order valence-corrected chi connectivity index (χ4v) is 2.47. The van der Waals surface area contributed by atoms with Crippen LogP contribution >= 0.6 is 11.6 Å². The Balaban J connectivity index is 1.87. The Labute approximate surface area is 141 Å². The summed E-state index contributed by atoms with van der Waals surface area (Å²) in [6.07, 6.45) is 0. The summed E-state index contributed by atoms with van der Waals surface area (Å²) in [7, 11) is 0. The number of carbonyl (C=O) groups is 1. The summed E-state index contributed by atoms with van der Waals surface area (Å²) in [5, 5.41) is 0.530. The van der Waals surface area contributed by atoms with Crippen LogP contribution in [0.2, 0.25) is 5.02 Å². The molecule has 0 radical (unpaired) electrons. The van der Waals surface area contributed by atoms with Gasteiger partial charge >= 0.3 is 5.97 Å². The molecule has 6 heteroatoms. The molecule has 24 heavy (non-hydrogen) atoms. The average molecular weight is 347 g/mol. The first-order valence-corrected chi connectivity index (χ1v) is 7.48. The highest BCUT2D eigenvalue weighted by Crippen LogP contribution is 2.21. The Kier molecular flexibility index (Phi) is 4.36. The highest BCUT2D eigenvalue weighted by atomic mass is 35.5. The third-order valence-electron chi connectivity index (χ3n) is 3.49. The van der Waals surface area contributed by atoms with Crippen LogP contribution in [0.4, 0.5) is 4.39 Å². The first-order valence-electron chi connectivity index (χ1n) is 7.10. The summed E-state index contributed by atoms with van der Waals surface area (Å²) in [4.78, 5) is 24.2. The summed E-state index contributed by atoms with van der Waals surface area (Å²) >= 11 is 5.87. The van der Waals surface area contributed by atoms with Crippen LogP contribution in [0.25, 0.3) is 11.0 Å². The fraction of sp³-hybridized carbons (Fsp3) is 0.111. The third-order valence-corrected chi connectivity index (χ3v) is 3.85. The number of carbonyl (C=O) groups excluding carboxylic acids is 1. The number of ether oxygens (including phenoxy) is 1. The molecule has 0 aliphatic rings. The Morgan fingerprint density at radius 1 is 1.25 bits per heavy atom. The van der Waals surface area contributed by atoms with Crippen LogP contribution in [0.15, 0.2) is 51.7 Å². The van der Waals surface area contributed by atoms with Gasteiger partial charge in [-0.05, 0) is 31.2 Å². The monoisotopic (exact) mass is 346 g/mol. The lowest BCUT2D eigenvalue weighted by Gasteiger charge is -2.07.